The highest BCUT2D eigenvalue weighted by Crippen LogP contribution is 2.34. The largest absolute Gasteiger partial charge is 0.507 e. The molecule has 0 atom stereocenters. The number of hydrogen-bond donors (Lipinski definition) is 5. The summed E-state index contributed by atoms with van der Waals surface area (Å²) in [5.74, 6) is -6.45. The van der Waals surface area contributed by atoms with Gasteiger partial charge >= 0.3 is 24.3 Å². The molecule has 4 amide bonds. The molecule has 14 nitrogen and oxygen atoms in total. The monoisotopic (exact) mass is 798 g/mol. The molecule has 0 aromatic heterocycles. The Hall–Kier alpha value is -7.64. The normalized spacial score (nSPS) is 15.7. The summed E-state index contributed by atoms with van der Waals surface area (Å²) in [6.07, 6.45) is -6.97. The third-order valence-electron chi connectivity index (χ3n) is 7.78. The van der Waals surface area contributed by atoms with E-state index in [-0.39, 0.29) is 33.8 Å². The van der Waals surface area contributed by atoms with Crippen LogP contribution in [0.3, 0.4) is 0 Å². The number of nitrogens with zero attached hydrogens (tertiary/aromatic N) is 2. The number of nitrogens with one attached hydrogen (secondary N) is 2. The van der Waals surface area contributed by atoms with Crippen LogP contribution < -0.4 is 25.6 Å². The molecule has 5 N–H and O–H groups in total. The molecule has 6 rings (SSSR count). The van der Waals surface area contributed by atoms with Crippen LogP contribution in [0, 0.1) is 0 Å². The summed E-state index contributed by atoms with van der Waals surface area (Å²) in [6, 6.07) is 17.3. The Morgan fingerprint density at radius 1 is 0.667 bits per heavy atom. The summed E-state index contributed by atoms with van der Waals surface area (Å²) >= 11 is 0. The second kappa shape index (κ2) is 16.0. The number of aromatic carboxylic acids is 1. The van der Waals surface area contributed by atoms with Crippen molar-refractivity contribution < 1.29 is 75.2 Å². The molecule has 0 radical (unpaired) electrons. The van der Waals surface area contributed by atoms with Gasteiger partial charge in [0.2, 0.25) is 0 Å². The highest BCUT2D eigenvalue weighted by molar-refractivity contribution is 6.32. The van der Waals surface area contributed by atoms with Gasteiger partial charge in [0.05, 0.1) is 22.5 Å². The number of rotatable bonds is 8. The quantitative estimate of drug-likeness (QED) is 0.0896. The lowest BCUT2D eigenvalue weighted by Gasteiger charge is -2.16. The van der Waals surface area contributed by atoms with Crippen molar-refractivity contribution in [1.82, 2.24) is 10.9 Å². The molecule has 2 aliphatic heterocycles. The van der Waals surface area contributed by atoms with Crippen LogP contribution in [0.25, 0.3) is 12.2 Å². The Morgan fingerprint density at radius 2 is 1.18 bits per heavy atom. The summed E-state index contributed by atoms with van der Waals surface area (Å²) in [6.45, 7) is -0.628. The predicted molar refractivity (Wildman–Crippen MR) is 185 cm³/mol. The van der Waals surface area contributed by atoms with Crippen molar-refractivity contribution in [3.63, 3.8) is 0 Å². The third kappa shape index (κ3) is 9.36. The molecule has 0 aliphatic carbocycles. The van der Waals surface area contributed by atoms with Crippen molar-refractivity contribution in [2.45, 2.75) is 12.4 Å². The van der Waals surface area contributed by atoms with Crippen molar-refractivity contribution in [1.29, 1.82) is 0 Å². The second-order valence-corrected chi connectivity index (χ2v) is 11.7. The van der Waals surface area contributed by atoms with Gasteiger partial charge in [-0.3, -0.25) is 30.0 Å². The van der Waals surface area contributed by atoms with Crippen molar-refractivity contribution in [3.05, 3.63) is 130 Å². The number of benzene rings is 4. The molecular weight excluding hydrogens is 774 g/mol. The maximum Gasteiger partial charge on any atom is 0.416 e. The number of ether oxygens (including phenoxy) is 1. The Balaban J connectivity index is 0.000000218. The summed E-state index contributed by atoms with van der Waals surface area (Å²) in [7, 11) is 0. The van der Waals surface area contributed by atoms with Gasteiger partial charge in [0, 0.05) is 5.56 Å². The number of halogens is 6. The van der Waals surface area contributed by atoms with Crippen LogP contribution in [-0.2, 0) is 36.3 Å². The number of carbonyl (C=O) groups is 6. The van der Waals surface area contributed by atoms with E-state index in [1.54, 1.807) is 12.1 Å². The first kappa shape index (κ1) is 40.5. The zero-order valence-corrected chi connectivity index (χ0v) is 28.4. The van der Waals surface area contributed by atoms with E-state index in [2.05, 4.69) is 10.9 Å². The van der Waals surface area contributed by atoms with Gasteiger partial charge in [-0.2, -0.15) is 26.3 Å². The molecule has 0 unspecified atom stereocenters. The smallest absolute Gasteiger partial charge is 0.416 e. The lowest BCUT2D eigenvalue weighted by atomic mass is 10.1. The molecule has 2 saturated heterocycles. The minimum absolute atomic E-state index is 0.125. The van der Waals surface area contributed by atoms with Crippen LogP contribution in [0.15, 0.2) is 102 Å². The van der Waals surface area contributed by atoms with E-state index in [1.165, 1.54) is 36.4 Å². The van der Waals surface area contributed by atoms with Gasteiger partial charge < -0.3 is 20.1 Å². The van der Waals surface area contributed by atoms with E-state index in [0.717, 1.165) is 48.5 Å². The molecule has 0 spiro atoms. The maximum atomic E-state index is 12.9. The van der Waals surface area contributed by atoms with Crippen LogP contribution >= 0.6 is 0 Å². The van der Waals surface area contributed by atoms with E-state index in [9.17, 15) is 60.2 Å². The van der Waals surface area contributed by atoms with Crippen LogP contribution in [0.5, 0.6) is 11.5 Å². The fraction of sp³-hybridized carbons (Fsp3) is 0.0811. The summed E-state index contributed by atoms with van der Waals surface area (Å²) in [4.78, 5) is 71.2. The van der Waals surface area contributed by atoms with Crippen LogP contribution in [0.2, 0.25) is 0 Å². The minimum Gasteiger partial charge on any atom is -0.507 e. The van der Waals surface area contributed by atoms with Crippen LogP contribution in [0.4, 0.5) is 37.7 Å². The molecule has 2 fully saturated rings. The number of hydrogen-bond acceptors (Lipinski definition) is 8. The van der Waals surface area contributed by atoms with Gasteiger partial charge in [0.25, 0.3) is 23.6 Å². The number of amides is 4. The second-order valence-electron chi connectivity index (χ2n) is 11.7. The number of carboxylic acid groups (broad SMARTS) is 2. The number of aliphatic carboxylic acids is 1. The SMILES string of the molecule is O=C(O)COc1ccccc1C=C1C(=O)NN(c2cccc(C(F)(F)F)c2)C1=O.O=C1NN(c2cccc(C(F)(F)F)c2)C(=O)C1=Cc1ccc(O)c(C(=O)O)c1. The van der Waals surface area contributed by atoms with E-state index >= 15 is 0 Å². The molecule has 0 saturated carbocycles. The Labute approximate surface area is 315 Å². The highest BCUT2D eigenvalue weighted by Gasteiger charge is 2.38. The lowest BCUT2D eigenvalue weighted by molar-refractivity contribution is -0.139. The molecule has 2 aliphatic rings. The van der Waals surface area contributed by atoms with Gasteiger partial charge in [-0.15, -0.1) is 0 Å². The van der Waals surface area contributed by atoms with Crippen molar-refractivity contribution >= 4 is 59.1 Å². The molecule has 0 bridgehead atoms. The van der Waals surface area contributed by atoms with Crippen molar-refractivity contribution in [2.75, 3.05) is 16.6 Å². The number of anilines is 2. The summed E-state index contributed by atoms with van der Waals surface area (Å²) in [5, 5.41) is 28.6. The van der Waals surface area contributed by atoms with Gasteiger partial charge in [-0.1, -0.05) is 36.4 Å². The zero-order valence-electron chi connectivity index (χ0n) is 28.4. The maximum absolute atomic E-state index is 12.9. The summed E-state index contributed by atoms with van der Waals surface area (Å²) < 4.78 is 82.4. The first-order valence-corrected chi connectivity index (χ1v) is 15.8. The average Bonchev–Trinajstić information content (AvgIpc) is 3.60. The Kier molecular flexibility index (Phi) is 11.4. The highest BCUT2D eigenvalue weighted by atomic mass is 19.4. The fourth-order valence-corrected chi connectivity index (χ4v) is 5.13. The van der Waals surface area contributed by atoms with Crippen LogP contribution in [-0.4, -0.2) is 57.5 Å². The van der Waals surface area contributed by atoms with E-state index in [4.69, 9.17) is 14.9 Å². The van der Waals surface area contributed by atoms with Gasteiger partial charge in [-0.05, 0) is 72.3 Å². The molecule has 2 heterocycles. The van der Waals surface area contributed by atoms with E-state index < -0.39 is 82.5 Å². The average molecular weight is 799 g/mol. The zero-order chi connectivity index (χ0) is 41.8. The number of alkyl halides is 6. The number of hydrazine groups is 2. The van der Waals surface area contributed by atoms with Crippen LogP contribution in [0.1, 0.15) is 32.6 Å². The van der Waals surface area contributed by atoms with E-state index in [1.807, 2.05) is 0 Å². The summed E-state index contributed by atoms with van der Waals surface area (Å²) in [5.41, 5.74) is 1.29. The topological polar surface area (TPSA) is 203 Å². The lowest BCUT2D eigenvalue weighted by Crippen LogP contribution is -2.35. The number of para-hydroxylation sites is 1. The standard InChI is InChI=1S/C19H13F3N2O5.C18H11F3N2O5/c20-19(21,22)12-5-3-6-13(9-12)24-18(28)14(17(27)23-24)8-11-4-1-2-7-15(11)29-10-16(25)26;19-18(20,21)10-2-1-3-11(8-10)23-16(26)13(15(25)22-23)7-9-4-5-14(24)12(6-9)17(27)28/h1-9H,10H2,(H,23,27)(H,25,26);1-8,24H,(H,22,25)(H,27,28). The predicted octanol–water partition coefficient (Wildman–Crippen LogP) is 5.20. The number of aromatic hydroxyl groups is 1. The Morgan fingerprint density at radius 3 is 1.67 bits per heavy atom. The van der Waals surface area contributed by atoms with Gasteiger partial charge in [-0.25, -0.2) is 19.6 Å². The first-order valence-electron chi connectivity index (χ1n) is 15.8. The Bertz CT molecular complexity index is 2380. The third-order valence-corrected chi connectivity index (χ3v) is 7.78. The van der Waals surface area contributed by atoms with Crippen molar-refractivity contribution in [3.8, 4) is 11.5 Å². The number of carbonyl (C=O) groups excluding carboxylic acids is 4. The van der Waals surface area contributed by atoms with E-state index in [0.29, 0.717) is 16.1 Å². The number of phenols is 1. The minimum atomic E-state index is -4.62. The number of carboxylic acids is 2. The molecule has 57 heavy (non-hydrogen) atoms. The molecular formula is C37H24F6N4O10. The van der Waals surface area contributed by atoms with Crippen molar-refractivity contribution in [2.24, 2.45) is 0 Å². The molecule has 294 valence electrons. The van der Waals surface area contributed by atoms with Gasteiger partial charge in [0.15, 0.2) is 6.61 Å². The first-order chi connectivity index (χ1) is 26.7. The molecule has 4 aromatic rings. The fourth-order valence-electron chi connectivity index (χ4n) is 5.13. The van der Waals surface area contributed by atoms with Gasteiger partial charge in [0.1, 0.15) is 28.2 Å². The molecule has 20 heteroatoms. The molecule has 4 aromatic carbocycles.